The Morgan fingerprint density at radius 2 is 1.58 bits per heavy atom. The van der Waals surface area contributed by atoms with Crippen molar-refractivity contribution in [1.29, 1.82) is 0 Å². The highest BCUT2D eigenvalue weighted by atomic mass is 16.5. The lowest BCUT2D eigenvalue weighted by atomic mass is 10.2. The van der Waals surface area contributed by atoms with Crippen LogP contribution >= 0.6 is 0 Å². The summed E-state index contributed by atoms with van der Waals surface area (Å²) in [7, 11) is 0. The summed E-state index contributed by atoms with van der Waals surface area (Å²) >= 11 is 0. The minimum atomic E-state index is 0.509. The Hall–Kier alpha value is -2.16. The number of hydrogen-bond acceptors (Lipinski definition) is 3. The molecule has 3 nitrogen and oxygen atoms in total. The van der Waals surface area contributed by atoms with E-state index in [2.05, 4.69) is 26.0 Å². The van der Waals surface area contributed by atoms with Gasteiger partial charge in [-0.3, -0.25) is 0 Å². The lowest BCUT2D eigenvalue weighted by Crippen LogP contribution is -2.04. The highest BCUT2D eigenvalue weighted by molar-refractivity contribution is 5.33. The molecule has 0 N–H and O–H groups in total. The van der Waals surface area contributed by atoms with E-state index in [1.165, 1.54) is 12.8 Å². The largest absolute Gasteiger partial charge is 0.493 e. The Bertz CT molecular complexity index is 630. The normalized spacial score (nSPS) is 13.8. The zero-order valence-electron chi connectivity index (χ0n) is 14.5. The minimum absolute atomic E-state index is 0.509. The molecule has 0 heterocycles. The van der Waals surface area contributed by atoms with Gasteiger partial charge in [-0.1, -0.05) is 32.0 Å². The van der Waals surface area contributed by atoms with Gasteiger partial charge < -0.3 is 14.2 Å². The van der Waals surface area contributed by atoms with Crippen LogP contribution < -0.4 is 14.2 Å². The Balaban J connectivity index is 1.48. The van der Waals surface area contributed by atoms with Gasteiger partial charge >= 0.3 is 0 Å². The van der Waals surface area contributed by atoms with Crippen LogP contribution in [0.1, 0.15) is 32.3 Å². The maximum atomic E-state index is 5.87. The lowest BCUT2D eigenvalue weighted by Gasteiger charge is -2.11. The Morgan fingerprint density at radius 3 is 2.25 bits per heavy atom. The maximum absolute atomic E-state index is 5.87. The number of rotatable bonds is 9. The molecular formula is C21H26O3. The van der Waals surface area contributed by atoms with E-state index in [4.69, 9.17) is 14.2 Å². The number of benzene rings is 2. The van der Waals surface area contributed by atoms with E-state index in [1.807, 2.05) is 36.4 Å². The van der Waals surface area contributed by atoms with Crippen molar-refractivity contribution in [3.05, 3.63) is 54.1 Å². The summed E-state index contributed by atoms with van der Waals surface area (Å²) in [6.45, 7) is 6.37. The van der Waals surface area contributed by atoms with Gasteiger partial charge in [0, 0.05) is 6.07 Å². The van der Waals surface area contributed by atoms with Crippen molar-refractivity contribution in [3.63, 3.8) is 0 Å². The molecule has 0 bridgehead atoms. The van der Waals surface area contributed by atoms with Crippen molar-refractivity contribution in [2.45, 2.75) is 33.3 Å². The van der Waals surface area contributed by atoms with Gasteiger partial charge in [0.15, 0.2) is 0 Å². The predicted molar refractivity (Wildman–Crippen MR) is 95.8 cm³/mol. The zero-order valence-corrected chi connectivity index (χ0v) is 14.5. The molecule has 3 rings (SSSR count). The van der Waals surface area contributed by atoms with Gasteiger partial charge in [0.05, 0.1) is 13.2 Å². The summed E-state index contributed by atoms with van der Waals surface area (Å²) in [6.07, 6.45) is 2.62. The predicted octanol–water partition coefficient (Wildman–Crippen LogP) is 5.09. The molecule has 1 aliphatic rings. The first-order valence-corrected chi connectivity index (χ1v) is 8.76. The molecule has 1 aliphatic carbocycles. The molecule has 1 saturated carbocycles. The second-order valence-corrected chi connectivity index (χ2v) is 6.87. The van der Waals surface area contributed by atoms with Crippen molar-refractivity contribution in [2.24, 2.45) is 11.8 Å². The number of ether oxygens (including phenoxy) is 3. The van der Waals surface area contributed by atoms with Crippen LogP contribution in [0.4, 0.5) is 0 Å². The standard InChI is InChI=1S/C21H26O3/c1-16(2)13-22-20-4-3-5-21(12-20)24-15-18-8-10-19(11-9-18)23-14-17-6-7-17/h3-5,8-12,16-17H,6-7,13-15H2,1-2H3. The number of hydrogen-bond donors (Lipinski definition) is 0. The molecule has 0 aromatic heterocycles. The second-order valence-electron chi connectivity index (χ2n) is 6.87. The van der Waals surface area contributed by atoms with Crippen molar-refractivity contribution in [3.8, 4) is 17.2 Å². The fraction of sp³-hybridized carbons (Fsp3) is 0.429. The quantitative estimate of drug-likeness (QED) is 0.642. The van der Waals surface area contributed by atoms with Crippen LogP contribution in [0.15, 0.2) is 48.5 Å². The molecule has 0 atom stereocenters. The van der Waals surface area contributed by atoms with Gasteiger partial charge in [0.2, 0.25) is 0 Å². The van der Waals surface area contributed by atoms with E-state index in [1.54, 1.807) is 0 Å². The van der Waals surface area contributed by atoms with Crippen LogP contribution in [0.5, 0.6) is 17.2 Å². The first-order chi connectivity index (χ1) is 11.7. The van der Waals surface area contributed by atoms with Gasteiger partial charge in [0.1, 0.15) is 23.9 Å². The van der Waals surface area contributed by atoms with Crippen LogP contribution in [0, 0.1) is 11.8 Å². The summed E-state index contributed by atoms with van der Waals surface area (Å²) in [5.41, 5.74) is 1.13. The van der Waals surface area contributed by atoms with E-state index in [9.17, 15) is 0 Å². The summed E-state index contributed by atoms with van der Waals surface area (Å²) in [5, 5.41) is 0. The highest BCUT2D eigenvalue weighted by Crippen LogP contribution is 2.29. The SMILES string of the molecule is CC(C)COc1cccc(OCc2ccc(OCC3CC3)cc2)c1. The molecule has 24 heavy (non-hydrogen) atoms. The fourth-order valence-electron chi connectivity index (χ4n) is 2.26. The Labute approximate surface area is 144 Å². The van der Waals surface area contributed by atoms with E-state index >= 15 is 0 Å². The summed E-state index contributed by atoms with van der Waals surface area (Å²) < 4.78 is 17.3. The molecule has 2 aromatic carbocycles. The Kier molecular flexibility index (Phi) is 5.63. The van der Waals surface area contributed by atoms with E-state index in [0.717, 1.165) is 35.3 Å². The van der Waals surface area contributed by atoms with Crippen molar-refractivity contribution in [2.75, 3.05) is 13.2 Å². The van der Waals surface area contributed by atoms with E-state index in [0.29, 0.717) is 19.1 Å². The first-order valence-electron chi connectivity index (χ1n) is 8.76. The molecule has 1 fully saturated rings. The third-order valence-corrected chi connectivity index (χ3v) is 3.90. The summed E-state index contributed by atoms with van der Waals surface area (Å²) in [5.74, 6) is 3.90. The molecule has 0 amide bonds. The molecule has 0 unspecified atom stereocenters. The topological polar surface area (TPSA) is 27.7 Å². The molecule has 0 spiro atoms. The minimum Gasteiger partial charge on any atom is -0.493 e. The van der Waals surface area contributed by atoms with Crippen molar-refractivity contribution < 1.29 is 14.2 Å². The van der Waals surface area contributed by atoms with Crippen LogP contribution in [-0.2, 0) is 6.61 Å². The third-order valence-electron chi connectivity index (χ3n) is 3.90. The summed E-state index contributed by atoms with van der Waals surface area (Å²) in [6, 6.07) is 16.0. The molecular weight excluding hydrogens is 300 g/mol. The maximum Gasteiger partial charge on any atom is 0.123 e. The van der Waals surface area contributed by atoms with Crippen molar-refractivity contribution >= 4 is 0 Å². The first kappa shape index (κ1) is 16.7. The monoisotopic (exact) mass is 326 g/mol. The van der Waals surface area contributed by atoms with Gasteiger partial charge in [0.25, 0.3) is 0 Å². The van der Waals surface area contributed by atoms with Crippen LogP contribution in [0.25, 0.3) is 0 Å². The average Bonchev–Trinajstić information content (AvgIpc) is 3.42. The zero-order chi connectivity index (χ0) is 16.8. The Morgan fingerprint density at radius 1 is 0.875 bits per heavy atom. The van der Waals surface area contributed by atoms with E-state index in [-0.39, 0.29) is 0 Å². The summed E-state index contributed by atoms with van der Waals surface area (Å²) in [4.78, 5) is 0. The smallest absolute Gasteiger partial charge is 0.123 e. The lowest BCUT2D eigenvalue weighted by molar-refractivity contribution is 0.266. The van der Waals surface area contributed by atoms with Gasteiger partial charge in [-0.15, -0.1) is 0 Å². The molecule has 128 valence electrons. The molecule has 3 heteroatoms. The van der Waals surface area contributed by atoms with Gasteiger partial charge in [-0.05, 0) is 54.5 Å². The molecule has 0 saturated heterocycles. The average molecular weight is 326 g/mol. The fourth-order valence-corrected chi connectivity index (χ4v) is 2.26. The van der Waals surface area contributed by atoms with Crippen LogP contribution in [-0.4, -0.2) is 13.2 Å². The molecule has 0 aliphatic heterocycles. The van der Waals surface area contributed by atoms with Crippen LogP contribution in [0.2, 0.25) is 0 Å². The van der Waals surface area contributed by atoms with Gasteiger partial charge in [-0.25, -0.2) is 0 Å². The van der Waals surface area contributed by atoms with E-state index < -0.39 is 0 Å². The second kappa shape index (κ2) is 8.09. The molecule has 2 aromatic rings. The van der Waals surface area contributed by atoms with Crippen molar-refractivity contribution in [1.82, 2.24) is 0 Å². The molecule has 0 radical (unpaired) electrons. The highest BCUT2D eigenvalue weighted by Gasteiger charge is 2.21. The van der Waals surface area contributed by atoms with Crippen LogP contribution in [0.3, 0.4) is 0 Å². The van der Waals surface area contributed by atoms with Gasteiger partial charge in [-0.2, -0.15) is 0 Å². The third kappa shape index (κ3) is 5.48.